The molecule has 0 amide bonds. The number of alkyl halides is 2. The third-order valence-corrected chi connectivity index (χ3v) is 5.02. The van der Waals surface area contributed by atoms with Gasteiger partial charge >= 0.3 is 6.11 Å². The van der Waals surface area contributed by atoms with E-state index in [1.54, 1.807) is 37.3 Å². The second-order valence-corrected chi connectivity index (χ2v) is 7.65. The Bertz CT molecular complexity index is 1050. The number of ether oxygens (including phenoxy) is 2. The Kier molecular flexibility index (Phi) is 8.27. The van der Waals surface area contributed by atoms with Gasteiger partial charge in [0.25, 0.3) is 0 Å². The van der Waals surface area contributed by atoms with Crippen LogP contribution in [-0.2, 0) is 0 Å². The molecule has 0 heterocycles. The Hall–Kier alpha value is -3.32. The van der Waals surface area contributed by atoms with Crippen LogP contribution < -0.4 is 9.47 Å². The molecule has 0 unspecified atom stereocenters. The summed E-state index contributed by atoms with van der Waals surface area (Å²) < 4.78 is 38.8. The Morgan fingerprint density at radius 2 is 1.47 bits per heavy atom. The predicted octanol–water partition coefficient (Wildman–Crippen LogP) is 7.64. The number of para-hydroxylation sites is 1. The third-order valence-electron chi connectivity index (χ3n) is 5.02. The number of rotatable bonds is 9. The summed E-state index contributed by atoms with van der Waals surface area (Å²) in [4.78, 5) is 0. The maximum atomic E-state index is 14.1. The minimum atomic E-state index is -3.57. The highest BCUT2D eigenvalue weighted by Gasteiger charge is 2.29. The van der Waals surface area contributed by atoms with Gasteiger partial charge in [0.2, 0.25) is 0 Å². The monoisotopic (exact) mass is 434 g/mol. The molecule has 166 valence electrons. The van der Waals surface area contributed by atoms with Crippen LogP contribution in [-0.4, -0.2) is 12.7 Å². The van der Waals surface area contributed by atoms with Crippen molar-refractivity contribution in [2.75, 3.05) is 6.61 Å². The fourth-order valence-electron chi connectivity index (χ4n) is 3.19. The molecule has 0 aliphatic heterocycles. The quantitative estimate of drug-likeness (QED) is 0.254. The van der Waals surface area contributed by atoms with E-state index in [1.165, 1.54) is 25.3 Å². The second-order valence-electron chi connectivity index (χ2n) is 7.65. The highest BCUT2D eigenvalue weighted by Crippen LogP contribution is 2.25. The lowest BCUT2D eigenvalue weighted by molar-refractivity contribution is -0.122. The van der Waals surface area contributed by atoms with E-state index in [-0.39, 0.29) is 5.75 Å². The van der Waals surface area contributed by atoms with Gasteiger partial charge in [-0.25, -0.2) is 0 Å². The van der Waals surface area contributed by atoms with Gasteiger partial charge in [0.05, 0.1) is 6.61 Å². The van der Waals surface area contributed by atoms with Crippen molar-refractivity contribution in [1.29, 1.82) is 0 Å². The fourth-order valence-corrected chi connectivity index (χ4v) is 3.19. The lowest BCUT2D eigenvalue weighted by atomic mass is 10.0. The van der Waals surface area contributed by atoms with Crippen molar-refractivity contribution in [3.8, 4) is 34.5 Å². The molecule has 0 spiro atoms. The van der Waals surface area contributed by atoms with E-state index in [0.717, 1.165) is 29.9 Å². The van der Waals surface area contributed by atoms with Crippen molar-refractivity contribution in [1.82, 2.24) is 0 Å². The van der Waals surface area contributed by atoms with Crippen molar-refractivity contribution in [2.45, 2.75) is 45.6 Å². The molecular weight excluding hydrogens is 406 g/mol. The van der Waals surface area contributed by atoms with Crippen molar-refractivity contribution >= 4 is 0 Å². The highest BCUT2D eigenvalue weighted by molar-refractivity contribution is 5.65. The number of aryl methyl sites for hydroxylation is 1. The van der Waals surface area contributed by atoms with Crippen molar-refractivity contribution in [3.05, 3.63) is 83.9 Å². The third kappa shape index (κ3) is 7.13. The van der Waals surface area contributed by atoms with Crippen LogP contribution in [0, 0.1) is 18.8 Å². The lowest BCUT2D eigenvalue weighted by Crippen LogP contribution is -2.22. The van der Waals surface area contributed by atoms with E-state index < -0.39 is 6.11 Å². The molecule has 0 saturated carbocycles. The molecule has 0 atom stereocenters. The second kappa shape index (κ2) is 11.3. The number of benzene rings is 3. The average Bonchev–Trinajstić information content (AvgIpc) is 2.80. The van der Waals surface area contributed by atoms with Gasteiger partial charge in [-0.3, -0.25) is 0 Å². The van der Waals surface area contributed by atoms with E-state index in [0.29, 0.717) is 11.1 Å². The molecule has 32 heavy (non-hydrogen) atoms. The molecule has 2 nitrogen and oxygen atoms in total. The first-order valence-corrected chi connectivity index (χ1v) is 11.0. The molecule has 4 heteroatoms. The Morgan fingerprint density at radius 1 is 0.812 bits per heavy atom. The first kappa shape index (κ1) is 23.3. The van der Waals surface area contributed by atoms with Crippen molar-refractivity contribution < 1.29 is 18.3 Å². The first-order valence-electron chi connectivity index (χ1n) is 11.0. The van der Waals surface area contributed by atoms with Crippen LogP contribution in [0.25, 0.3) is 11.1 Å². The molecule has 0 aliphatic rings. The van der Waals surface area contributed by atoms with Crippen LogP contribution in [0.5, 0.6) is 11.5 Å². The van der Waals surface area contributed by atoms with E-state index in [2.05, 4.69) is 12.8 Å². The molecule has 0 bridgehead atoms. The summed E-state index contributed by atoms with van der Waals surface area (Å²) in [5, 5.41) is 0. The molecule has 3 aromatic rings. The van der Waals surface area contributed by atoms with Crippen LogP contribution >= 0.6 is 0 Å². The standard InChI is InChI=1S/C28H28F2O2/c1-3-4-5-8-21-31-26-17-15-25(16-18-26)24-13-11-23(12-14-24)19-20-28(29,30)32-27-10-7-6-9-22(27)2/h6-7,9-18H,3-5,8,21H2,1-2H3. The maximum Gasteiger partial charge on any atom is 0.469 e. The van der Waals surface area contributed by atoms with E-state index in [4.69, 9.17) is 9.47 Å². The molecule has 3 rings (SSSR count). The molecule has 0 fully saturated rings. The van der Waals surface area contributed by atoms with Crippen molar-refractivity contribution in [3.63, 3.8) is 0 Å². The van der Waals surface area contributed by atoms with Crippen molar-refractivity contribution in [2.24, 2.45) is 0 Å². The van der Waals surface area contributed by atoms with E-state index in [9.17, 15) is 8.78 Å². The fraction of sp³-hybridized carbons (Fsp3) is 0.286. The van der Waals surface area contributed by atoms with Crippen LogP contribution in [0.4, 0.5) is 8.78 Å². The Balaban J connectivity index is 1.59. The van der Waals surface area contributed by atoms with Gasteiger partial charge in [0, 0.05) is 11.5 Å². The highest BCUT2D eigenvalue weighted by atomic mass is 19.3. The summed E-state index contributed by atoms with van der Waals surface area (Å²) in [6, 6.07) is 21.7. The summed E-state index contributed by atoms with van der Waals surface area (Å²) in [7, 11) is 0. The molecule has 0 aliphatic carbocycles. The van der Waals surface area contributed by atoms with E-state index in [1.807, 2.05) is 42.3 Å². The number of hydrogen-bond acceptors (Lipinski definition) is 2. The molecular formula is C28H28F2O2. The van der Waals surface area contributed by atoms with Gasteiger partial charge in [-0.2, -0.15) is 8.78 Å². The summed E-state index contributed by atoms with van der Waals surface area (Å²) in [6.45, 7) is 4.63. The largest absolute Gasteiger partial charge is 0.494 e. The topological polar surface area (TPSA) is 18.5 Å². The first-order chi connectivity index (χ1) is 15.5. The smallest absolute Gasteiger partial charge is 0.469 e. The van der Waals surface area contributed by atoms with E-state index >= 15 is 0 Å². The van der Waals surface area contributed by atoms with Crippen LogP contribution in [0.15, 0.2) is 72.8 Å². The van der Waals surface area contributed by atoms with Gasteiger partial charge in [0.15, 0.2) is 0 Å². The Morgan fingerprint density at radius 3 is 2.12 bits per heavy atom. The zero-order valence-corrected chi connectivity index (χ0v) is 18.5. The van der Waals surface area contributed by atoms with Gasteiger partial charge in [0.1, 0.15) is 11.5 Å². The maximum absolute atomic E-state index is 14.1. The van der Waals surface area contributed by atoms with Gasteiger partial charge in [-0.05, 0) is 60.4 Å². The zero-order chi connectivity index (χ0) is 22.8. The zero-order valence-electron chi connectivity index (χ0n) is 18.5. The molecule has 0 saturated heterocycles. The summed E-state index contributed by atoms with van der Waals surface area (Å²) >= 11 is 0. The molecule has 0 N–H and O–H groups in total. The number of halogens is 2. The van der Waals surface area contributed by atoms with Crippen LogP contribution in [0.3, 0.4) is 0 Å². The predicted molar refractivity (Wildman–Crippen MR) is 125 cm³/mol. The van der Waals surface area contributed by atoms with Crippen LogP contribution in [0.2, 0.25) is 0 Å². The summed E-state index contributed by atoms with van der Waals surface area (Å²) in [6.07, 6.45) is 1.13. The number of unbranched alkanes of at least 4 members (excludes halogenated alkanes) is 3. The molecule has 0 aromatic heterocycles. The molecule has 0 radical (unpaired) electrons. The van der Waals surface area contributed by atoms with Gasteiger partial charge in [-0.15, -0.1) is 0 Å². The van der Waals surface area contributed by atoms with Crippen LogP contribution in [0.1, 0.15) is 43.7 Å². The lowest BCUT2D eigenvalue weighted by Gasteiger charge is -2.13. The number of hydrogen-bond donors (Lipinski definition) is 0. The molecule has 3 aromatic carbocycles. The average molecular weight is 435 g/mol. The Labute approximate surface area is 189 Å². The minimum Gasteiger partial charge on any atom is -0.494 e. The minimum absolute atomic E-state index is 0.121. The van der Waals surface area contributed by atoms with Gasteiger partial charge in [-0.1, -0.05) is 74.6 Å². The van der Waals surface area contributed by atoms with Gasteiger partial charge < -0.3 is 9.47 Å². The summed E-state index contributed by atoms with van der Waals surface area (Å²) in [5.74, 6) is 5.40. The normalized spacial score (nSPS) is 10.9. The SMILES string of the molecule is CCCCCCOc1ccc(-c2ccc(C#CC(F)(F)Oc3ccccc3C)cc2)cc1. The summed E-state index contributed by atoms with van der Waals surface area (Å²) in [5.41, 5.74) is 3.13.